The first-order chi connectivity index (χ1) is 11.5. The van der Waals surface area contributed by atoms with Crippen LogP contribution in [0.4, 0.5) is 8.78 Å². The molecule has 2 aromatic carbocycles. The van der Waals surface area contributed by atoms with Crippen molar-refractivity contribution in [1.29, 1.82) is 5.26 Å². The quantitative estimate of drug-likeness (QED) is 0.906. The highest BCUT2D eigenvalue weighted by molar-refractivity contribution is 5.83. The van der Waals surface area contributed by atoms with Crippen LogP contribution in [0.5, 0.6) is 0 Å². The molecule has 0 radical (unpaired) electrons. The molecule has 0 bridgehead atoms. The lowest BCUT2D eigenvalue weighted by atomic mass is 10.0. The molecule has 1 amide bonds. The van der Waals surface area contributed by atoms with Gasteiger partial charge in [0, 0.05) is 11.6 Å². The molecule has 122 valence electrons. The van der Waals surface area contributed by atoms with Crippen molar-refractivity contribution in [2.75, 3.05) is 0 Å². The number of hydrogen-bond donors (Lipinski definition) is 2. The first-order valence-electron chi connectivity index (χ1n) is 7.51. The molecule has 0 saturated heterocycles. The number of nitrogens with zero attached hydrogens (tertiary/aromatic N) is 1. The van der Waals surface area contributed by atoms with Gasteiger partial charge in [-0.05, 0) is 48.2 Å². The minimum Gasteiger partial charge on any atom is -0.351 e. The van der Waals surface area contributed by atoms with Gasteiger partial charge in [0.1, 0.15) is 17.7 Å². The molecule has 1 aliphatic carbocycles. The van der Waals surface area contributed by atoms with Crippen molar-refractivity contribution < 1.29 is 13.6 Å². The third-order valence-electron chi connectivity index (χ3n) is 4.21. The van der Waals surface area contributed by atoms with Crippen molar-refractivity contribution in [1.82, 2.24) is 5.32 Å². The van der Waals surface area contributed by atoms with Gasteiger partial charge in [0.2, 0.25) is 5.91 Å². The highest BCUT2D eigenvalue weighted by atomic mass is 19.1. The zero-order chi connectivity index (χ0) is 17.3. The maximum Gasteiger partial charge on any atom is 0.241 e. The van der Waals surface area contributed by atoms with Crippen LogP contribution < -0.4 is 11.1 Å². The molecule has 0 fully saturated rings. The summed E-state index contributed by atoms with van der Waals surface area (Å²) in [5.74, 6) is -2.31. The Labute approximate surface area is 137 Å². The zero-order valence-corrected chi connectivity index (χ0v) is 12.7. The molecule has 0 aromatic heterocycles. The molecule has 24 heavy (non-hydrogen) atoms. The first kappa shape index (κ1) is 16.1. The summed E-state index contributed by atoms with van der Waals surface area (Å²) >= 11 is 0. The van der Waals surface area contributed by atoms with Crippen LogP contribution in [0.1, 0.15) is 28.3 Å². The monoisotopic (exact) mass is 327 g/mol. The van der Waals surface area contributed by atoms with E-state index in [-0.39, 0.29) is 6.04 Å². The van der Waals surface area contributed by atoms with E-state index in [0.717, 1.165) is 23.3 Å². The van der Waals surface area contributed by atoms with Crippen LogP contribution in [0, 0.1) is 23.0 Å². The van der Waals surface area contributed by atoms with Gasteiger partial charge in [0.25, 0.3) is 0 Å². The predicted octanol–water partition coefficient (Wildman–Crippen LogP) is 2.12. The lowest BCUT2D eigenvalue weighted by molar-refractivity contribution is -0.123. The molecular formula is C18H15F2N3O. The molecule has 2 unspecified atom stereocenters. The minimum absolute atomic E-state index is 0.206. The summed E-state index contributed by atoms with van der Waals surface area (Å²) in [5, 5.41) is 11.7. The third-order valence-corrected chi connectivity index (χ3v) is 4.21. The highest BCUT2D eigenvalue weighted by Crippen LogP contribution is 2.24. The average molecular weight is 327 g/mol. The molecule has 0 saturated carbocycles. The average Bonchev–Trinajstić information content (AvgIpc) is 2.95. The lowest BCUT2D eigenvalue weighted by Gasteiger charge is -2.17. The van der Waals surface area contributed by atoms with E-state index in [1.54, 1.807) is 12.1 Å². The number of carbonyl (C=O) groups excluding carboxylic acids is 1. The Balaban J connectivity index is 1.71. The second kappa shape index (κ2) is 6.38. The summed E-state index contributed by atoms with van der Waals surface area (Å²) in [7, 11) is 0. The molecule has 0 spiro atoms. The summed E-state index contributed by atoms with van der Waals surface area (Å²) in [6.07, 6.45) is 1.16. The zero-order valence-electron chi connectivity index (χ0n) is 12.7. The number of benzene rings is 2. The standard InChI is InChI=1S/C18H15F2N3O/c19-14-2-1-3-15(20)16(14)17(22)18(24)23-13-7-11-5-4-10(9-21)6-12(11)8-13/h1-6,13,17H,7-8,22H2,(H,23,24). The Morgan fingerprint density at radius 3 is 2.54 bits per heavy atom. The van der Waals surface area contributed by atoms with Gasteiger partial charge in [-0.15, -0.1) is 0 Å². The Bertz CT molecular complexity index is 824. The van der Waals surface area contributed by atoms with Crippen LogP contribution in [0.3, 0.4) is 0 Å². The van der Waals surface area contributed by atoms with E-state index in [1.807, 2.05) is 6.07 Å². The van der Waals surface area contributed by atoms with E-state index in [4.69, 9.17) is 11.0 Å². The van der Waals surface area contributed by atoms with Crippen LogP contribution in [0.15, 0.2) is 36.4 Å². The van der Waals surface area contributed by atoms with Gasteiger partial charge in [-0.1, -0.05) is 12.1 Å². The number of nitrogens with one attached hydrogen (secondary N) is 1. The number of nitrogens with two attached hydrogens (primary N) is 1. The SMILES string of the molecule is N#Cc1ccc2c(c1)CC(NC(=O)C(N)c1c(F)cccc1F)C2. The summed E-state index contributed by atoms with van der Waals surface area (Å²) in [4.78, 5) is 12.3. The maximum absolute atomic E-state index is 13.7. The second-order valence-corrected chi connectivity index (χ2v) is 5.82. The van der Waals surface area contributed by atoms with E-state index in [1.165, 1.54) is 6.07 Å². The smallest absolute Gasteiger partial charge is 0.241 e. The van der Waals surface area contributed by atoms with Crippen LogP contribution in [-0.4, -0.2) is 11.9 Å². The summed E-state index contributed by atoms with van der Waals surface area (Å²) in [6.45, 7) is 0. The number of fused-ring (bicyclic) bond motifs is 1. The number of halogens is 2. The van der Waals surface area contributed by atoms with Gasteiger partial charge in [0.05, 0.1) is 11.6 Å². The summed E-state index contributed by atoms with van der Waals surface area (Å²) in [6, 6.07) is 9.19. The minimum atomic E-state index is -1.41. The molecule has 3 rings (SSSR count). The van der Waals surface area contributed by atoms with Gasteiger partial charge >= 0.3 is 0 Å². The van der Waals surface area contributed by atoms with Gasteiger partial charge in [-0.25, -0.2) is 8.78 Å². The van der Waals surface area contributed by atoms with Crippen molar-refractivity contribution in [3.63, 3.8) is 0 Å². The fraction of sp³-hybridized carbons (Fsp3) is 0.222. The Morgan fingerprint density at radius 1 is 1.21 bits per heavy atom. The summed E-state index contributed by atoms with van der Waals surface area (Å²) in [5.41, 5.74) is 7.90. The molecule has 3 N–H and O–H groups in total. The first-order valence-corrected chi connectivity index (χ1v) is 7.51. The molecule has 1 aliphatic rings. The number of amides is 1. The Morgan fingerprint density at radius 2 is 1.88 bits per heavy atom. The fourth-order valence-corrected chi connectivity index (χ4v) is 3.02. The Kier molecular flexibility index (Phi) is 4.28. The van der Waals surface area contributed by atoms with Crippen molar-refractivity contribution in [3.8, 4) is 6.07 Å². The predicted molar refractivity (Wildman–Crippen MR) is 83.8 cm³/mol. The van der Waals surface area contributed by atoms with Crippen LogP contribution >= 0.6 is 0 Å². The maximum atomic E-state index is 13.7. The molecule has 2 atom stereocenters. The molecule has 0 aliphatic heterocycles. The number of rotatable bonds is 3. The van der Waals surface area contributed by atoms with E-state index >= 15 is 0 Å². The van der Waals surface area contributed by atoms with Gasteiger partial charge in [0.15, 0.2) is 0 Å². The number of nitriles is 1. The van der Waals surface area contributed by atoms with E-state index in [2.05, 4.69) is 11.4 Å². The largest absolute Gasteiger partial charge is 0.351 e. The van der Waals surface area contributed by atoms with Crippen LogP contribution in [0.25, 0.3) is 0 Å². The van der Waals surface area contributed by atoms with Crippen molar-refractivity contribution in [2.24, 2.45) is 5.73 Å². The molecule has 0 heterocycles. The van der Waals surface area contributed by atoms with Crippen molar-refractivity contribution >= 4 is 5.91 Å². The Hall–Kier alpha value is -2.78. The van der Waals surface area contributed by atoms with Crippen LogP contribution in [0.2, 0.25) is 0 Å². The van der Waals surface area contributed by atoms with E-state index in [0.29, 0.717) is 18.4 Å². The van der Waals surface area contributed by atoms with Crippen LogP contribution in [-0.2, 0) is 17.6 Å². The van der Waals surface area contributed by atoms with Crippen molar-refractivity contribution in [3.05, 3.63) is 70.3 Å². The number of hydrogen-bond acceptors (Lipinski definition) is 3. The number of carbonyl (C=O) groups is 1. The second-order valence-electron chi connectivity index (χ2n) is 5.82. The van der Waals surface area contributed by atoms with Gasteiger partial charge in [-0.2, -0.15) is 5.26 Å². The lowest BCUT2D eigenvalue weighted by Crippen LogP contribution is -2.41. The molecule has 4 nitrogen and oxygen atoms in total. The highest BCUT2D eigenvalue weighted by Gasteiger charge is 2.28. The fourth-order valence-electron chi connectivity index (χ4n) is 3.02. The van der Waals surface area contributed by atoms with E-state index in [9.17, 15) is 13.6 Å². The topological polar surface area (TPSA) is 78.9 Å². The van der Waals surface area contributed by atoms with Gasteiger partial charge in [-0.3, -0.25) is 4.79 Å². The molecule has 2 aromatic rings. The van der Waals surface area contributed by atoms with E-state index < -0.39 is 29.1 Å². The third kappa shape index (κ3) is 2.99. The summed E-state index contributed by atoms with van der Waals surface area (Å²) < 4.78 is 27.5. The normalized spacial score (nSPS) is 17.0. The molecule has 6 heteroatoms. The van der Waals surface area contributed by atoms with Gasteiger partial charge < -0.3 is 11.1 Å². The molecular weight excluding hydrogens is 312 g/mol. The van der Waals surface area contributed by atoms with Crippen molar-refractivity contribution in [2.45, 2.75) is 24.9 Å².